The highest BCUT2D eigenvalue weighted by Crippen LogP contribution is 2.32. The maximum atomic E-state index is 12.3. The maximum Gasteiger partial charge on any atom is 0.222 e. The van der Waals surface area contributed by atoms with Crippen LogP contribution in [-0.2, 0) is 11.3 Å². The van der Waals surface area contributed by atoms with Gasteiger partial charge in [-0.2, -0.15) is 0 Å². The lowest BCUT2D eigenvalue weighted by Crippen LogP contribution is -2.29. The van der Waals surface area contributed by atoms with Gasteiger partial charge in [-0.15, -0.1) is 11.3 Å². The molecule has 3 nitrogen and oxygen atoms in total. The molecule has 1 aromatic heterocycles. The van der Waals surface area contributed by atoms with E-state index in [9.17, 15) is 4.79 Å². The number of rotatable bonds is 7. The Kier molecular flexibility index (Phi) is 7.17. The second-order valence-electron chi connectivity index (χ2n) is 6.63. The zero-order valence-corrected chi connectivity index (χ0v) is 15.1. The number of amides is 1. The van der Waals surface area contributed by atoms with Crippen molar-refractivity contribution in [1.29, 1.82) is 0 Å². The summed E-state index contributed by atoms with van der Waals surface area (Å²) in [5, 5.41) is 0. The molecule has 120 valence electrons. The molecular weight excluding hydrogens is 304 g/mol. The van der Waals surface area contributed by atoms with Crippen LogP contribution >= 0.6 is 22.9 Å². The lowest BCUT2D eigenvalue weighted by Gasteiger charge is -2.31. The van der Waals surface area contributed by atoms with Gasteiger partial charge in [0.05, 0.1) is 10.9 Å². The molecule has 0 radical (unpaired) electrons. The number of nitrogens with two attached hydrogens (primary N) is 1. The van der Waals surface area contributed by atoms with Gasteiger partial charge in [0.25, 0.3) is 0 Å². The summed E-state index contributed by atoms with van der Waals surface area (Å²) in [6.45, 7) is 7.96. The zero-order chi connectivity index (χ0) is 16.0. The highest BCUT2D eigenvalue weighted by molar-refractivity contribution is 7.16. The molecule has 0 aliphatic carbocycles. The number of halogens is 1. The predicted octanol–water partition coefficient (Wildman–Crippen LogP) is 4.15. The Morgan fingerprint density at radius 2 is 2.05 bits per heavy atom. The van der Waals surface area contributed by atoms with Gasteiger partial charge in [0.1, 0.15) is 0 Å². The van der Waals surface area contributed by atoms with E-state index < -0.39 is 0 Å². The lowest BCUT2D eigenvalue weighted by molar-refractivity contribution is -0.130. The van der Waals surface area contributed by atoms with Crippen molar-refractivity contribution in [3.8, 4) is 0 Å². The molecule has 0 aromatic carbocycles. The molecule has 5 heteroatoms. The third-order valence-electron chi connectivity index (χ3n) is 3.89. The summed E-state index contributed by atoms with van der Waals surface area (Å²) in [5.41, 5.74) is 5.88. The molecule has 21 heavy (non-hydrogen) atoms. The Bertz CT molecular complexity index is 453. The minimum absolute atomic E-state index is 0.186. The van der Waals surface area contributed by atoms with Gasteiger partial charge in [-0.05, 0) is 42.9 Å². The van der Waals surface area contributed by atoms with Crippen molar-refractivity contribution in [3.63, 3.8) is 0 Å². The predicted molar refractivity (Wildman–Crippen MR) is 91.7 cm³/mol. The normalized spacial score (nSPS) is 13.2. The fourth-order valence-corrected chi connectivity index (χ4v) is 3.60. The highest BCUT2D eigenvalue weighted by atomic mass is 35.5. The Balaban J connectivity index is 2.48. The van der Waals surface area contributed by atoms with E-state index >= 15 is 0 Å². The molecule has 0 saturated carbocycles. The van der Waals surface area contributed by atoms with Gasteiger partial charge in [-0.1, -0.05) is 32.4 Å². The van der Waals surface area contributed by atoms with E-state index in [0.717, 1.165) is 22.1 Å². The van der Waals surface area contributed by atoms with E-state index in [1.165, 1.54) is 11.3 Å². The van der Waals surface area contributed by atoms with Crippen LogP contribution in [0.4, 0.5) is 0 Å². The molecule has 1 amide bonds. The number of hydrogen-bond acceptors (Lipinski definition) is 3. The smallest absolute Gasteiger partial charge is 0.222 e. The van der Waals surface area contributed by atoms with E-state index in [4.69, 9.17) is 17.3 Å². The number of nitrogens with zero attached hydrogens (tertiary/aromatic N) is 1. The number of carbonyl (C=O) groups is 1. The highest BCUT2D eigenvalue weighted by Gasteiger charge is 2.25. The average molecular weight is 331 g/mol. The number of hydrogen-bond donors (Lipinski definition) is 1. The molecule has 0 aliphatic heterocycles. The minimum Gasteiger partial charge on any atom is -0.341 e. The van der Waals surface area contributed by atoms with E-state index in [-0.39, 0.29) is 11.3 Å². The van der Waals surface area contributed by atoms with Gasteiger partial charge >= 0.3 is 0 Å². The van der Waals surface area contributed by atoms with Crippen LogP contribution in [0.25, 0.3) is 0 Å². The Hall–Kier alpha value is -0.580. The average Bonchev–Trinajstić information content (AvgIpc) is 2.78. The first kappa shape index (κ1) is 18.5. The van der Waals surface area contributed by atoms with Gasteiger partial charge < -0.3 is 10.6 Å². The fraction of sp³-hybridized carbons (Fsp3) is 0.688. The van der Waals surface area contributed by atoms with Crippen molar-refractivity contribution >= 4 is 28.8 Å². The van der Waals surface area contributed by atoms with E-state index in [2.05, 4.69) is 20.8 Å². The van der Waals surface area contributed by atoms with Gasteiger partial charge in [0, 0.05) is 18.3 Å². The molecule has 0 fully saturated rings. The second-order valence-corrected chi connectivity index (χ2v) is 8.43. The summed E-state index contributed by atoms with van der Waals surface area (Å²) in [6.07, 6.45) is 2.45. The van der Waals surface area contributed by atoms with Crippen LogP contribution < -0.4 is 5.73 Å². The molecule has 1 rings (SSSR count). The minimum atomic E-state index is 0.186. The first-order chi connectivity index (χ1) is 9.74. The topological polar surface area (TPSA) is 46.3 Å². The van der Waals surface area contributed by atoms with Crippen LogP contribution in [0.5, 0.6) is 0 Å². The molecule has 2 N–H and O–H groups in total. The van der Waals surface area contributed by atoms with Crippen LogP contribution in [0.3, 0.4) is 0 Å². The molecule has 0 aliphatic rings. The van der Waals surface area contributed by atoms with Crippen molar-refractivity contribution in [3.05, 3.63) is 21.3 Å². The van der Waals surface area contributed by atoms with Gasteiger partial charge in [0.15, 0.2) is 0 Å². The zero-order valence-electron chi connectivity index (χ0n) is 13.5. The Morgan fingerprint density at radius 1 is 1.38 bits per heavy atom. The summed E-state index contributed by atoms with van der Waals surface area (Å²) in [5.74, 6) is 0.668. The van der Waals surface area contributed by atoms with Crippen LogP contribution in [0, 0.1) is 11.3 Å². The van der Waals surface area contributed by atoms with E-state index in [1.807, 2.05) is 19.2 Å². The van der Waals surface area contributed by atoms with Crippen molar-refractivity contribution < 1.29 is 4.79 Å². The Morgan fingerprint density at radius 3 is 2.52 bits per heavy atom. The second kappa shape index (κ2) is 8.16. The van der Waals surface area contributed by atoms with Gasteiger partial charge in [0.2, 0.25) is 5.91 Å². The fourth-order valence-electron chi connectivity index (χ4n) is 2.46. The first-order valence-electron chi connectivity index (χ1n) is 7.42. The number of thiophene rings is 1. The maximum absolute atomic E-state index is 12.3. The molecule has 1 heterocycles. The van der Waals surface area contributed by atoms with Crippen LogP contribution in [0.2, 0.25) is 4.34 Å². The van der Waals surface area contributed by atoms with E-state index in [0.29, 0.717) is 25.4 Å². The van der Waals surface area contributed by atoms with E-state index in [1.54, 1.807) is 4.90 Å². The summed E-state index contributed by atoms with van der Waals surface area (Å²) < 4.78 is 0.765. The van der Waals surface area contributed by atoms with Crippen molar-refractivity contribution in [2.24, 2.45) is 17.1 Å². The molecule has 0 bridgehead atoms. The SMILES string of the molecule is CN(Cc1ccc(Cl)s1)C(=O)CCC(CCN)C(C)(C)C. The molecular formula is C16H27ClN2OS. The molecule has 1 aromatic rings. The molecule has 0 spiro atoms. The summed E-state index contributed by atoms with van der Waals surface area (Å²) in [7, 11) is 1.85. The van der Waals surface area contributed by atoms with Crippen molar-refractivity contribution in [1.82, 2.24) is 4.90 Å². The largest absolute Gasteiger partial charge is 0.341 e. The van der Waals surface area contributed by atoms with Crippen LogP contribution in [0.15, 0.2) is 12.1 Å². The summed E-state index contributed by atoms with van der Waals surface area (Å²) >= 11 is 7.44. The van der Waals surface area contributed by atoms with Crippen LogP contribution in [-0.4, -0.2) is 24.4 Å². The Labute approximate surface area is 137 Å². The molecule has 0 saturated heterocycles. The van der Waals surface area contributed by atoms with Gasteiger partial charge in [-0.3, -0.25) is 4.79 Å². The first-order valence-corrected chi connectivity index (χ1v) is 8.61. The number of carbonyl (C=O) groups excluding carboxylic acids is 1. The third-order valence-corrected chi connectivity index (χ3v) is 5.11. The molecule has 1 unspecified atom stereocenters. The van der Waals surface area contributed by atoms with Crippen molar-refractivity contribution in [2.75, 3.05) is 13.6 Å². The quantitative estimate of drug-likeness (QED) is 0.816. The monoisotopic (exact) mass is 330 g/mol. The summed E-state index contributed by atoms with van der Waals surface area (Å²) in [6, 6.07) is 3.85. The molecule has 1 atom stereocenters. The van der Waals surface area contributed by atoms with Crippen LogP contribution in [0.1, 0.15) is 44.9 Å². The summed E-state index contributed by atoms with van der Waals surface area (Å²) in [4.78, 5) is 15.2. The standard InChI is InChI=1S/C16H27ClN2OS/c1-16(2,3)12(9-10-18)5-8-15(20)19(4)11-13-6-7-14(17)21-13/h6-7,12H,5,8-11,18H2,1-4H3. The van der Waals surface area contributed by atoms with Gasteiger partial charge in [-0.25, -0.2) is 0 Å². The third kappa shape index (κ3) is 6.37. The van der Waals surface area contributed by atoms with Crippen molar-refractivity contribution in [2.45, 2.75) is 46.6 Å². The lowest BCUT2D eigenvalue weighted by atomic mass is 9.76.